The molecule has 0 radical (unpaired) electrons. The summed E-state index contributed by atoms with van der Waals surface area (Å²) in [4.78, 5) is 23.9. The third-order valence-electron chi connectivity index (χ3n) is 4.83. The number of benzene rings is 1. The average molecular weight is 430 g/mol. The SMILES string of the molecule is Cn1c(SCC(=O)Nc2ccc([N+](=O)[O-])cc2)nnc1-c1csc2c1CCCC2. The Balaban J connectivity index is 1.40. The smallest absolute Gasteiger partial charge is 0.269 e. The van der Waals surface area contributed by atoms with Gasteiger partial charge in [-0.2, -0.15) is 0 Å². The standard InChI is InChI=1S/C19H19N5O3S2/c1-23-18(15-10-28-16-5-3-2-4-14(15)16)21-22-19(23)29-11-17(25)20-12-6-8-13(9-7-12)24(26)27/h6-10H,2-5,11H2,1H3,(H,20,25). The Morgan fingerprint density at radius 1 is 1.28 bits per heavy atom. The first-order valence-corrected chi connectivity index (χ1v) is 11.1. The number of fused-ring (bicyclic) bond motifs is 1. The van der Waals surface area contributed by atoms with E-state index in [1.165, 1.54) is 59.3 Å². The molecule has 1 aliphatic carbocycles. The first kappa shape index (κ1) is 19.6. The fourth-order valence-electron chi connectivity index (χ4n) is 3.35. The quantitative estimate of drug-likeness (QED) is 0.360. The Bertz CT molecular complexity index is 1060. The van der Waals surface area contributed by atoms with Gasteiger partial charge in [-0.3, -0.25) is 14.9 Å². The lowest BCUT2D eigenvalue weighted by atomic mass is 9.96. The normalized spacial score (nSPS) is 13.1. The molecule has 0 saturated heterocycles. The summed E-state index contributed by atoms with van der Waals surface area (Å²) in [5.41, 5.74) is 3.05. The molecule has 4 rings (SSSR count). The number of nitro benzene ring substituents is 1. The van der Waals surface area contributed by atoms with Gasteiger partial charge in [0.25, 0.3) is 5.69 Å². The number of thioether (sulfide) groups is 1. The molecule has 29 heavy (non-hydrogen) atoms. The molecule has 0 saturated carbocycles. The number of hydrogen-bond acceptors (Lipinski definition) is 7. The molecule has 1 aliphatic rings. The van der Waals surface area contributed by atoms with Gasteiger partial charge in [0, 0.05) is 40.7 Å². The Labute approximate surface area is 175 Å². The Morgan fingerprint density at radius 2 is 2.03 bits per heavy atom. The maximum atomic E-state index is 12.2. The third-order valence-corrected chi connectivity index (χ3v) is 6.94. The Morgan fingerprint density at radius 3 is 2.79 bits per heavy atom. The Kier molecular flexibility index (Phi) is 5.63. The van der Waals surface area contributed by atoms with Crippen molar-refractivity contribution >= 4 is 40.4 Å². The molecule has 3 aromatic rings. The van der Waals surface area contributed by atoms with E-state index < -0.39 is 4.92 Å². The number of rotatable bonds is 6. The van der Waals surface area contributed by atoms with Gasteiger partial charge in [-0.15, -0.1) is 21.5 Å². The number of carbonyl (C=O) groups excluding carboxylic acids is 1. The lowest BCUT2D eigenvalue weighted by Gasteiger charge is -2.12. The van der Waals surface area contributed by atoms with Gasteiger partial charge in [-0.05, 0) is 43.4 Å². The molecule has 0 bridgehead atoms. The highest BCUT2D eigenvalue weighted by atomic mass is 32.2. The molecule has 0 fully saturated rings. The van der Waals surface area contributed by atoms with Crippen LogP contribution in [0.25, 0.3) is 11.4 Å². The lowest BCUT2D eigenvalue weighted by molar-refractivity contribution is -0.384. The number of aryl methyl sites for hydroxylation is 1. The second-order valence-electron chi connectivity index (χ2n) is 6.76. The minimum absolute atomic E-state index is 0.0143. The summed E-state index contributed by atoms with van der Waals surface area (Å²) < 4.78 is 1.93. The van der Waals surface area contributed by atoms with Crippen molar-refractivity contribution in [3.63, 3.8) is 0 Å². The van der Waals surface area contributed by atoms with Crippen molar-refractivity contribution in [1.82, 2.24) is 14.8 Å². The van der Waals surface area contributed by atoms with Crippen LogP contribution in [0, 0.1) is 10.1 Å². The molecule has 1 aromatic carbocycles. The van der Waals surface area contributed by atoms with E-state index in [2.05, 4.69) is 20.9 Å². The highest BCUT2D eigenvalue weighted by Gasteiger charge is 2.21. The molecule has 1 N–H and O–H groups in total. The van der Waals surface area contributed by atoms with Gasteiger partial charge in [0.05, 0.1) is 10.7 Å². The number of amides is 1. The van der Waals surface area contributed by atoms with Crippen LogP contribution in [0.5, 0.6) is 0 Å². The van der Waals surface area contributed by atoms with Crippen LogP contribution in [0.3, 0.4) is 0 Å². The van der Waals surface area contributed by atoms with Gasteiger partial charge in [0.15, 0.2) is 11.0 Å². The summed E-state index contributed by atoms with van der Waals surface area (Å²) in [5.74, 6) is 0.800. The molecular formula is C19H19N5O3S2. The van der Waals surface area contributed by atoms with Crippen molar-refractivity contribution in [3.05, 3.63) is 50.2 Å². The summed E-state index contributed by atoms with van der Waals surface area (Å²) in [6, 6.07) is 5.75. The van der Waals surface area contributed by atoms with Crippen molar-refractivity contribution in [1.29, 1.82) is 0 Å². The summed E-state index contributed by atoms with van der Waals surface area (Å²) in [7, 11) is 1.92. The molecule has 8 nitrogen and oxygen atoms in total. The minimum Gasteiger partial charge on any atom is -0.325 e. The van der Waals surface area contributed by atoms with Crippen LogP contribution in [-0.4, -0.2) is 31.3 Å². The second kappa shape index (κ2) is 8.34. The zero-order valence-corrected chi connectivity index (χ0v) is 17.4. The van der Waals surface area contributed by atoms with Crippen LogP contribution < -0.4 is 5.32 Å². The zero-order chi connectivity index (χ0) is 20.4. The fraction of sp³-hybridized carbons (Fsp3) is 0.316. The highest BCUT2D eigenvalue weighted by Crippen LogP contribution is 2.36. The van der Waals surface area contributed by atoms with Crippen LogP contribution in [0.4, 0.5) is 11.4 Å². The van der Waals surface area contributed by atoms with Crippen molar-refractivity contribution in [2.75, 3.05) is 11.1 Å². The molecule has 2 heterocycles. The van der Waals surface area contributed by atoms with E-state index in [1.807, 2.05) is 11.6 Å². The summed E-state index contributed by atoms with van der Waals surface area (Å²) in [6.45, 7) is 0. The monoisotopic (exact) mass is 429 g/mol. The predicted octanol–water partition coefficient (Wildman–Crippen LogP) is 4.06. The number of nitrogens with zero attached hydrogens (tertiary/aromatic N) is 4. The van der Waals surface area contributed by atoms with Gasteiger partial charge in [-0.1, -0.05) is 11.8 Å². The molecule has 0 atom stereocenters. The van der Waals surface area contributed by atoms with Crippen LogP contribution in [0.2, 0.25) is 0 Å². The maximum absolute atomic E-state index is 12.2. The molecule has 0 spiro atoms. The third kappa shape index (κ3) is 4.18. The van der Waals surface area contributed by atoms with E-state index in [0.29, 0.717) is 10.8 Å². The zero-order valence-electron chi connectivity index (χ0n) is 15.8. The van der Waals surface area contributed by atoms with Gasteiger partial charge < -0.3 is 9.88 Å². The molecule has 0 unspecified atom stereocenters. The predicted molar refractivity (Wildman–Crippen MR) is 113 cm³/mol. The maximum Gasteiger partial charge on any atom is 0.269 e. The van der Waals surface area contributed by atoms with E-state index in [1.54, 1.807) is 11.3 Å². The van der Waals surface area contributed by atoms with Crippen LogP contribution in [0.1, 0.15) is 23.3 Å². The Hall–Kier alpha value is -2.72. The van der Waals surface area contributed by atoms with Gasteiger partial charge >= 0.3 is 0 Å². The van der Waals surface area contributed by atoms with Gasteiger partial charge in [-0.25, -0.2) is 0 Å². The average Bonchev–Trinajstić information content (AvgIpc) is 3.30. The molecule has 150 valence electrons. The largest absolute Gasteiger partial charge is 0.325 e. The summed E-state index contributed by atoms with van der Waals surface area (Å²) in [6.07, 6.45) is 4.68. The number of carbonyl (C=O) groups is 1. The summed E-state index contributed by atoms with van der Waals surface area (Å²) in [5, 5.41) is 24.9. The first-order chi connectivity index (χ1) is 14.0. The van der Waals surface area contributed by atoms with Crippen molar-refractivity contribution in [2.45, 2.75) is 30.8 Å². The van der Waals surface area contributed by atoms with E-state index in [0.717, 1.165) is 24.2 Å². The first-order valence-electron chi connectivity index (χ1n) is 9.19. The van der Waals surface area contributed by atoms with Gasteiger partial charge in [0.2, 0.25) is 5.91 Å². The van der Waals surface area contributed by atoms with Gasteiger partial charge in [0.1, 0.15) is 0 Å². The van der Waals surface area contributed by atoms with E-state index in [4.69, 9.17) is 0 Å². The number of anilines is 1. The molecule has 2 aromatic heterocycles. The van der Waals surface area contributed by atoms with Crippen molar-refractivity contribution in [2.24, 2.45) is 7.05 Å². The fourth-order valence-corrected chi connectivity index (χ4v) is 5.19. The molecule has 1 amide bonds. The molecule has 0 aliphatic heterocycles. The number of aromatic nitrogens is 3. The number of non-ortho nitro benzene ring substituents is 1. The van der Waals surface area contributed by atoms with Crippen molar-refractivity contribution in [3.8, 4) is 11.4 Å². The van der Waals surface area contributed by atoms with Crippen molar-refractivity contribution < 1.29 is 9.72 Å². The minimum atomic E-state index is -0.474. The van der Waals surface area contributed by atoms with Crippen LogP contribution >= 0.6 is 23.1 Å². The number of nitro groups is 1. The van der Waals surface area contributed by atoms with Crippen LogP contribution in [0.15, 0.2) is 34.8 Å². The highest BCUT2D eigenvalue weighted by molar-refractivity contribution is 7.99. The number of hydrogen-bond donors (Lipinski definition) is 1. The molecule has 10 heteroatoms. The number of thiophene rings is 1. The lowest BCUT2D eigenvalue weighted by Crippen LogP contribution is -2.14. The topological polar surface area (TPSA) is 103 Å². The molecular weight excluding hydrogens is 410 g/mol. The number of nitrogens with one attached hydrogen (secondary N) is 1. The second-order valence-corrected chi connectivity index (χ2v) is 8.67. The van der Waals surface area contributed by atoms with E-state index >= 15 is 0 Å². The van der Waals surface area contributed by atoms with E-state index in [9.17, 15) is 14.9 Å². The summed E-state index contributed by atoms with van der Waals surface area (Å²) >= 11 is 3.10. The van der Waals surface area contributed by atoms with E-state index in [-0.39, 0.29) is 17.3 Å². The van der Waals surface area contributed by atoms with Crippen LogP contribution in [-0.2, 0) is 24.7 Å².